The van der Waals surface area contributed by atoms with Gasteiger partial charge in [0.15, 0.2) is 0 Å². The van der Waals surface area contributed by atoms with Gasteiger partial charge in [0.05, 0.1) is 5.39 Å². The summed E-state index contributed by atoms with van der Waals surface area (Å²) in [4.78, 5) is 21.0. The minimum Gasteiger partial charge on any atom is -0.368 e. The molecule has 6 nitrogen and oxygen atoms in total. The molecule has 2 heterocycles. The first-order valence-electron chi connectivity index (χ1n) is 9.79. The van der Waals surface area contributed by atoms with Crippen molar-refractivity contribution in [2.75, 3.05) is 23.7 Å². The zero-order chi connectivity index (χ0) is 20.8. The summed E-state index contributed by atoms with van der Waals surface area (Å²) in [6, 6.07) is 18.2. The summed E-state index contributed by atoms with van der Waals surface area (Å²) in [6.07, 6.45) is 1.61. The van der Waals surface area contributed by atoms with E-state index in [1.807, 2.05) is 42.5 Å². The highest BCUT2D eigenvalue weighted by atomic mass is 32.1. The van der Waals surface area contributed by atoms with Gasteiger partial charge >= 0.3 is 0 Å². The Labute approximate surface area is 179 Å². The van der Waals surface area contributed by atoms with Crippen molar-refractivity contribution in [1.29, 1.82) is 0 Å². The van der Waals surface area contributed by atoms with Crippen LogP contribution in [0.15, 0.2) is 66.3 Å². The van der Waals surface area contributed by atoms with Gasteiger partial charge in [-0.1, -0.05) is 42.5 Å². The van der Waals surface area contributed by atoms with E-state index < -0.39 is 0 Å². The van der Waals surface area contributed by atoms with Gasteiger partial charge in [0, 0.05) is 43.2 Å². The maximum atomic E-state index is 11.1. The number of nitrogens with zero attached hydrogens (tertiary/aromatic N) is 2. The molecule has 0 unspecified atom stereocenters. The highest BCUT2D eigenvalue weighted by molar-refractivity contribution is 7.17. The highest BCUT2D eigenvalue weighted by Crippen LogP contribution is 2.36. The number of carbonyl (C=O) groups is 1. The minimum atomic E-state index is -0.0631. The lowest BCUT2D eigenvalue weighted by Crippen LogP contribution is -2.22. The first kappa shape index (κ1) is 20.0. The van der Waals surface area contributed by atoms with E-state index in [2.05, 4.69) is 43.4 Å². The van der Waals surface area contributed by atoms with Crippen molar-refractivity contribution in [2.24, 2.45) is 0 Å². The van der Waals surface area contributed by atoms with Crippen LogP contribution in [-0.4, -0.2) is 29.0 Å². The summed E-state index contributed by atoms with van der Waals surface area (Å²) in [5, 5.41) is 12.9. The SMILES string of the molecule is CC(=O)Nc1ccc(CNCCNc2ncnc3scc(-c4ccccc4)c23)cc1. The van der Waals surface area contributed by atoms with E-state index in [1.165, 1.54) is 12.5 Å². The lowest BCUT2D eigenvalue weighted by molar-refractivity contribution is -0.114. The third-order valence-electron chi connectivity index (χ3n) is 4.65. The molecule has 2 aromatic carbocycles. The molecule has 0 radical (unpaired) electrons. The molecule has 7 heteroatoms. The summed E-state index contributed by atoms with van der Waals surface area (Å²) in [5.41, 5.74) is 4.30. The van der Waals surface area contributed by atoms with E-state index in [4.69, 9.17) is 0 Å². The van der Waals surface area contributed by atoms with Gasteiger partial charge in [-0.15, -0.1) is 11.3 Å². The molecule has 0 saturated heterocycles. The van der Waals surface area contributed by atoms with Gasteiger partial charge < -0.3 is 16.0 Å². The van der Waals surface area contributed by atoms with Gasteiger partial charge in [-0.05, 0) is 23.3 Å². The average molecular weight is 418 g/mol. The Bertz CT molecular complexity index is 1130. The average Bonchev–Trinajstić information content (AvgIpc) is 3.20. The Kier molecular flexibility index (Phi) is 6.32. The van der Waals surface area contributed by atoms with Gasteiger partial charge in [0.2, 0.25) is 5.91 Å². The number of fused-ring (bicyclic) bond motifs is 1. The molecule has 2 aromatic heterocycles. The number of hydrogen-bond acceptors (Lipinski definition) is 6. The maximum Gasteiger partial charge on any atom is 0.221 e. The summed E-state index contributed by atoms with van der Waals surface area (Å²) in [6.45, 7) is 3.81. The van der Waals surface area contributed by atoms with Crippen LogP contribution >= 0.6 is 11.3 Å². The summed E-state index contributed by atoms with van der Waals surface area (Å²) < 4.78 is 0. The standard InChI is InChI=1S/C23H23N5OS/c1-16(29)28-19-9-7-17(8-10-19)13-24-11-12-25-22-21-20(18-5-3-2-4-6-18)14-30-23(21)27-15-26-22/h2-10,14-15,24H,11-13H2,1H3,(H,28,29)(H,25,26,27). The molecule has 0 spiro atoms. The Balaban J connectivity index is 1.34. The number of hydrogen-bond donors (Lipinski definition) is 3. The van der Waals surface area contributed by atoms with Crippen molar-refractivity contribution in [3.63, 3.8) is 0 Å². The van der Waals surface area contributed by atoms with Crippen LogP contribution in [0.3, 0.4) is 0 Å². The molecule has 30 heavy (non-hydrogen) atoms. The van der Waals surface area contributed by atoms with Crippen molar-refractivity contribution in [2.45, 2.75) is 13.5 Å². The lowest BCUT2D eigenvalue weighted by Gasteiger charge is -2.10. The normalized spacial score (nSPS) is 10.8. The molecule has 0 saturated carbocycles. The fourth-order valence-corrected chi connectivity index (χ4v) is 4.17. The van der Waals surface area contributed by atoms with Crippen LogP contribution in [0.2, 0.25) is 0 Å². The fraction of sp³-hybridized carbons (Fsp3) is 0.174. The van der Waals surface area contributed by atoms with Crippen molar-refractivity contribution in [3.05, 3.63) is 71.9 Å². The highest BCUT2D eigenvalue weighted by Gasteiger charge is 2.12. The molecule has 152 valence electrons. The zero-order valence-electron chi connectivity index (χ0n) is 16.7. The molecule has 3 N–H and O–H groups in total. The molecule has 0 aliphatic rings. The predicted molar refractivity (Wildman–Crippen MR) is 124 cm³/mol. The zero-order valence-corrected chi connectivity index (χ0v) is 17.5. The number of benzene rings is 2. The van der Waals surface area contributed by atoms with Crippen molar-refractivity contribution in [3.8, 4) is 11.1 Å². The van der Waals surface area contributed by atoms with E-state index in [-0.39, 0.29) is 5.91 Å². The quantitative estimate of drug-likeness (QED) is 0.368. The third kappa shape index (κ3) is 4.82. The third-order valence-corrected chi connectivity index (χ3v) is 5.54. The molecule has 4 rings (SSSR count). The van der Waals surface area contributed by atoms with Crippen LogP contribution in [-0.2, 0) is 11.3 Å². The molecular weight excluding hydrogens is 394 g/mol. The van der Waals surface area contributed by atoms with Gasteiger partial charge in [-0.25, -0.2) is 9.97 Å². The van der Waals surface area contributed by atoms with E-state index in [0.717, 1.165) is 52.5 Å². The van der Waals surface area contributed by atoms with E-state index >= 15 is 0 Å². The Morgan fingerprint density at radius 3 is 2.57 bits per heavy atom. The minimum absolute atomic E-state index is 0.0631. The van der Waals surface area contributed by atoms with Crippen LogP contribution in [0.1, 0.15) is 12.5 Å². The van der Waals surface area contributed by atoms with Crippen LogP contribution in [0.5, 0.6) is 0 Å². The summed E-state index contributed by atoms with van der Waals surface area (Å²) in [7, 11) is 0. The first-order chi connectivity index (χ1) is 14.7. The molecule has 0 fully saturated rings. The van der Waals surface area contributed by atoms with Crippen LogP contribution in [0, 0.1) is 0 Å². The van der Waals surface area contributed by atoms with Gasteiger partial charge in [-0.3, -0.25) is 4.79 Å². The number of aromatic nitrogens is 2. The topological polar surface area (TPSA) is 78.9 Å². The number of anilines is 2. The number of amides is 1. The number of carbonyl (C=O) groups excluding carboxylic acids is 1. The Morgan fingerprint density at radius 2 is 1.80 bits per heavy atom. The van der Waals surface area contributed by atoms with Gasteiger partial charge in [-0.2, -0.15) is 0 Å². The Morgan fingerprint density at radius 1 is 1.00 bits per heavy atom. The molecule has 0 atom stereocenters. The molecule has 4 aromatic rings. The second-order valence-corrected chi connectivity index (χ2v) is 7.76. The summed E-state index contributed by atoms with van der Waals surface area (Å²) >= 11 is 1.64. The number of thiophene rings is 1. The van der Waals surface area contributed by atoms with Crippen molar-refractivity contribution in [1.82, 2.24) is 15.3 Å². The predicted octanol–water partition coefficient (Wildman–Crippen LogP) is 4.52. The van der Waals surface area contributed by atoms with E-state index in [0.29, 0.717) is 0 Å². The van der Waals surface area contributed by atoms with Gasteiger partial charge in [0.25, 0.3) is 0 Å². The molecular formula is C23H23N5OS. The lowest BCUT2D eigenvalue weighted by atomic mass is 10.1. The van der Waals surface area contributed by atoms with Crippen LogP contribution in [0.4, 0.5) is 11.5 Å². The van der Waals surface area contributed by atoms with Crippen LogP contribution in [0.25, 0.3) is 21.3 Å². The maximum absolute atomic E-state index is 11.1. The van der Waals surface area contributed by atoms with Gasteiger partial charge in [0.1, 0.15) is 17.0 Å². The number of rotatable bonds is 8. The second kappa shape index (κ2) is 9.47. The van der Waals surface area contributed by atoms with Crippen LogP contribution < -0.4 is 16.0 Å². The molecule has 0 bridgehead atoms. The van der Waals surface area contributed by atoms with E-state index in [9.17, 15) is 4.79 Å². The smallest absolute Gasteiger partial charge is 0.221 e. The first-order valence-corrected chi connectivity index (χ1v) is 10.7. The Hall–Kier alpha value is -3.29. The largest absolute Gasteiger partial charge is 0.368 e. The molecule has 0 aliphatic heterocycles. The fourth-order valence-electron chi connectivity index (χ4n) is 3.25. The van der Waals surface area contributed by atoms with Crippen molar-refractivity contribution < 1.29 is 4.79 Å². The van der Waals surface area contributed by atoms with E-state index in [1.54, 1.807) is 17.7 Å². The monoisotopic (exact) mass is 417 g/mol. The number of nitrogens with one attached hydrogen (secondary N) is 3. The van der Waals surface area contributed by atoms with Crippen molar-refractivity contribution >= 4 is 39.0 Å². The molecule has 1 amide bonds. The summed E-state index contributed by atoms with van der Waals surface area (Å²) in [5.74, 6) is 0.799. The molecule has 0 aliphatic carbocycles. The second-order valence-electron chi connectivity index (χ2n) is 6.90.